The Labute approximate surface area is 72.8 Å². The summed E-state index contributed by atoms with van der Waals surface area (Å²) >= 11 is 3.25. The van der Waals surface area contributed by atoms with Crippen molar-refractivity contribution in [2.75, 3.05) is 0 Å². The van der Waals surface area contributed by atoms with Crippen LogP contribution in [0, 0.1) is 0 Å². The Bertz CT molecular complexity index is 363. The Kier molecular flexibility index (Phi) is 0.906. The van der Waals surface area contributed by atoms with E-state index in [0.717, 1.165) is 18.4 Å². The highest BCUT2D eigenvalue weighted by Crippen LogP contribution is 2.42. The molecule has 0 aromatic carbocycles. The van der Waals surface area contributed by atoms with Crippen molar-refractivity contribution in [3.05, 3.63) is 28.4 Å². The Morgan fingerprint density at radius 1 is 1.70 bits per heavy atom. The molecule has 2 heteroatoms. The molecule has 0 saturated heterocycles. The summed E-state index contributed by atoms with van der Waals surface area (Å²) in [4.78, 5) is 3.71. The van der Waals surface area contributed by atoms with E-state index in [4.69, 9.17) is 4.11 Å². The van der Waals surface area contributed by atoms with Crippen molar-refractivity contribution in [3.8, 4) is 0 Å². The molecule has 1 saturated carbocycles. The van der Waals surface area contributed by atoms with Gasteiger partial charge in [0.1, 0.15) is 0 Å². The molecule has 52 valence electrons. The number of pyridine rings is 1. The minimum Gasteiger partial charge on any atom is -0.264 e. The number of hydrogen-bond acceptors (Lipinski definition) is 1. The van der Waals surface area contributed by atoms with Crippen LogP contribution in [0.2, 0.25) is 0 Å². The van der Waals surface area contributed by atoms with E-state index in [1.54, 1.807) is 0 Å². The average Bonchev–Trinajstić information content (AvgIpc) is 2.84. The smallest absolute Gasteiger partial charge is 0.0843 e. The van der Waals surface area contributed by atoms with E-state index in [0.29, 0.717) is 10.4 Å². The van der Waals surface area contributed by atoms with E-state index in [2.05, 4.69) is 20.9 Å². The topological polar surface area (TPSA) is 12.9 Å². The lowest BCUT2D eigenvalue weighted by Gasteiger charge is -1.97. The zero-order valence-corrected chi connectivity index (χ0v) is 6.90. The summed E-state index contributed by atoms with van der Waals surface area (Å²) in [6, 6.07) is 0.0953. The van der Waals surface area contributed by atoms with Crippen molar-refractivity contribution in [2.24, 2.45) is 0 Å². The van der Waals surface area contributed by atoms with Crippen LogP contribution in [0.3, 0.4) is 0 Å². The van der Waals surface area contributed by atoms with Crippen LogP contribution in [-0.2, 0) is 0 Å². The molecule has 10 heavy (non-hydrogen) atoms. The maximum atomic E-state index is 7.58. The van der Waals surface area contributed by atoms with Crippen molar-refractivity contribution in [1.82, 2.24) is 4.98 Å². The zero-order valence-electron chi connectivity index (χ0n) is 8.32. The second-order valence-electron chi connectivity index (χ2n) is 2.46. The Balaban J connectivity index is 2.60. The molecule has 0 spiro atoms. The number of halogens is 1. The molecule has 2 rings (SSSR count). The van der Waals surface area contributed by atoms with Crippen LogP contribution >= 0.6 is 15.9 Å². The van der Waals surface area contributed by atoms with Gasteiger partial charge in [0.25, 0.3) is 0 Å². The summed E-state index contributed by atoms with van der Waals surface area (Å²) in [7, 11) is 0. The van der Waals surface area contributed by atoms with Crippen LogP contribution in [-0.4, -0.2) is 4.98 Å². The number of aromatic nitrogens is 1. The van der Waals surface area contributed by atoms with Crippen molar-refractivity contribution in [2.45, 2.75) is 18.8 Å². The van der Waals surface area contributed by atoms with Crippen molar-refractivity contribution in [3.63, 3.8) is 0 Å². The first kappa shape index (κ1) is 3.86. The van der Waals surface area contributed by atoms with Gasteiger partial charge in [-0.05, 0) is 30.4 Å². The summed E-state index contributed by atoms with van der Waals surface area (Å²) in [6.45, 7) is 0. The molecular formula is C8H8BrN. The highest BCUT2D eigenvalue weighted by molar-refractivity contribution is 9.10. The molecule has 0 amide bonds. The van der Waals surface area contributed by atoms with Gasteiger partial charge in [-0.3, -0.25) is 4.98 Å². The van der Waals surface area contributed by atoms with E-state index in [1.807, 2.05) is 0 Å². The van der Waals surface area contributed by atoms with Gasteiger partial charge in [-0.15, -0.1) is 0 Å². The Morgan fingerprint density at radius 2 is 2.50 bits per heavy atom. The van der Waals surface area contributed by atoms with Crippen LogP contribution < -0.4 is 0 Å². The van der Waals surface area contributed by atoms with Gasteiger partial charge in [-0.25, -0.2) is 0 Å². The summed E-state index contributed by atoms with van der Waals surface area (Å²) in [6.07, 6.45) is 2.17. The SMILES string of the molecule is [2H]c1nc([2H])c(C2CC2)c(Br)c1[2H]. The molecule has 1 aromatic rings. The predicted molar refractivity (Wildman–Crippen MR) is 43.9 cm³/mol. The predicted octanol–water partition coefficient (Wildman–Crippen LogP) is 2.72. The molecule has 0 atom stereocenters. The van der Waals surface area contributed by atoms with E-state index < -0.39 is 0 Å². The standard InChI is InChI=1S/C8H8BrN/c9-8-3-4-10-5-7(8)6-1-2-6/h3-6H,1-2H2/i3D,4D,5D. The summed E-state index contributed by atoms with van der Waals surface area (Å²) in [5.41, 5.74) is 0.806. The molecule has 0 radical (unpaired) electrons. The number of rotatable bonds is 1. The maximum Gasteiger partial charge on any atom is 0.0843 e. The second kappa shape index (κ2) is 2.35. The minimum atomic E-state index is -0.124. The lowest BCUT2D eigenvalue weighted by atomic mass is 10.2. The molecule has 0 bridgehead atoms. The van der Waals surface area contributed by atoms with Gasteiger partial charge in [0.05, 0.1) is 4.11 Å². The molecule has 1 aromatic heterocycles. The molecule has 0 aliphatic heterocycles. The number of nitrogens with zero attached hydrogens (tertiary/aromatic N) is 1. The summed E-state index contributed by atoms with van der Waals surface area (Å²) < 4.78 is 23.0. The van der Waals surface area contributed by atoms with Gasteiger partial charge >= 0.3 is 0 Å². The maximum absolute atomic E-state index is 7.58. The molecule has 1 aliphatic carbocycles. The highest BCUT2D eigenvalue weighted by Gasteiger charge is 2.25. The third-order valence-corrected chi connectivity index (χ3v) is 2.25. The van der Waals surface area contributed by atoms with Crippen LogP contribution in [0.4, 0.5) is 0 Å². The molecule has 1 heterocycles. The van der Waals surface area contributed by atoms with E-state index >= 15 is 0 Å². The van der Waals surface area contributed by atoms with E-state index in [9.17, 15) is 0 Å². The highest BCUT2D eigenvalue weighted by atomic mass is 79.9. The van der Waals surface area contributed by atoms with Gasteiger partial charge in [-0.2, -0.15) is 0 Å². The van der Waals surface area contributed by atoms with Gasteiger partial charge in [0.15, 0.2) is 0 Å². The van der Waals surface area contributed by atoms with Crippen LogP contribution in [0.25, 0.3) is 0 Å². The first-order chi connectivity index (χ1) is 6.11. The molecule has 0 N–H and O–H groups in total. The fraction of sp³-hybridized carbons (Fsp3) is 0.375. The minimum absolute atomic E-state index is 0.0953. The van der Waals surface area contributed by atoms with Gasteiger partial charge < -0.3 is 0 Å². The molecule has 1 fully saturated rings. The van der Waals surface area contributed by atoms with Gasteiger partial charge in [0, 0.05) is 16.8 Å². The zero-order chi connectivity index (χ0) is 9.59. The molecular weight excluding hydrogens is 190 g/mol. The second-order valence-corrected chi connectivity index (χ2v) is 3.26. The third kappa shape index (κ3) is 1.08. The van der Waals surface area contributed by atoms with Crippen molar-refractivity contribution >= 4 is 15.9 Å². The quantitative estimate of drug-likeness (QED) is 0.680. The largest absolute Gasteiger partial charge is 0.264 e. The molecule has 1 nitrogen and oxygen atoms in total. The molecule has 1 aliphatic rings. The Hall–Kier alpha value is -0.370. The number of hydrogen-bond donors (Lipinski definition) is 0. The van der Waals surface area contributed by atoms with Crippen LogP contribution in [0.15, 0.2) is 22.9 Å². The lowest BCUT2D eigenvalue weighted by Crippen LogP contribution is -1.81. The molecule has 0 unspecified atom stereocenters. The fourth-order valence-corrected chi connectivity index (χ4v) is 1.43. The van der Waals surface area contributed by atoms with Crippen LogP contribution in [0.1, 0.15) is 28.4 Å². The summed E-state index contributed by atoms with van der Waals surface area (Å²) in [5, 5.41) is 0. The van der Waals surface area contributed by atoms with Gasteiger partial charge in [-0.1, -0.05) is 15.9 Å². The lowest BCUT2D eigenvalue weighted by molar-refractivity contribution is 1.08. The van der Waals surface area contributed by atoms with Crippen molar-refractivity contribution < 1.29 is 4.11 Å². The third-order valence-electron chi connectivity index (χ3n) is 1.62. The first-order valence-electron chi connectivity index (χ1n) is 4.74. The fourth-order valence-electron chi connectivity index (χ4n) is 0.924. The van der Waals surface area contributed by atoms with Crippen LogP contribution in [0.5, 0.6) is 0 Å². The first-order valence-corrected chi connectivity index (χ1v) is 4.03. The Morgan fingerprint density at radius 3 is 3.20 bits per heavy atom. The average molecular weight is 201 g/mol. The normalized spacial score (nSPS) is 21.5. The van der Waals surface area contributed by atoms with Crippen molar-refractivity contribution in [1.29, 1.82) is 0 Å². The van der Waals surface area contributed by atoms with E-state index in [1.165, 1.54) is 0 Å². The monoisotopic (exact) mass is 200 g/mol. The summed E-state index contributed by atoms with van der Waals surface area (Å²) in [5.74, 6) is 0.388. The van der Waals surface area contributed by atoms with E-state index in [-0.39, 0.29) is 18.4 Å². The van der Waals surface area contributed by atoms with Gasteiger partial charge in [0.2, 0.25) is 0 Å².